The Labute approximate surface area is 232 Å². The van der Waals surface area contributed by atoms with Gasteiger partial charge in [0.05, 0.1) is 38.8 Å². The first kappa shape index (κ1) is 28.4. The number of hydrogen-bond donors (Lipinski definition) is 2. The Hall–Kier alpha value is -3.56. The molecule has 208 valence electrons. The third kappa shape index (κ3) is 7.97. The molecule has 0 radical (unpaired) electrons. The summed E-state index contributed by atoms with van der Waals surface area (Å²) in [5.74, 6) is -1.33. The average molecular weight is 556 g/mol. The van der Waals surface area contributed by atoms with Crippen molar-refractivity contribution in [1.82, 2.24) is 15.2 Å². The molecule has 4 rings (SSSR count). The van der Waals surface area contributed by atoms with Crippen molar-refractivity contribution in [2.75, 3.05) is 33.0 Å². The van der Waals surface area contributed by atoms with Gasteiger partial charge in [0.25, 0.3) is 0 Å². The first-order chi connectivity index (χ1) is 18.9. The number of rotatable bonds is 9. The molecule has 1 aliphatic heterocycles. The molecular formula is C29H34ClN3O6. The van der Waals surface area contributed by atoms with Crippen LogP contribution in [0, 0.1) is 5.92 Å². The van der Waals surface area contributed by atoms with Gasteiger partial charge in [0.2, 0.25) is 11.8 Å². The Kier molecular flexibility index (Phi) is 10.2. The molecular weight excluding hydrogens is 522 g/mol. The van der Waals surface area contributed by atoms with Gasteiger partial charge in [-0.2, -0.15) is 0 Å². The maximum atomic E-state index is 13.5. The average Bonchev–Trinajstić information content (AvgIpc) is 3.27. The van der Waals surface area contributed by atoms with Crippen molar-refractivity contribution in [3.8, 4) is 5.75 Å². The Morgan fingerprint density at radius 1 is 1.18 bits per heavy atom. The summed E-state index contributed by atoms with van der Waals surface area (Å²) in [4.78, 5) is 39.0. The Balaban J connectivity index is 1.51. The van der Waals surface area contributed by atoms with E-state index in [9.17, 15) is 14.4 Å². The van der Waals surface area contributed by atoms with Crippen LogP contribution >= 0.6 is 11.6 Å². The maximum absolute atomic E-state index is 13.5. The Morgan fingerprint density at radius 3 is 2.77 bits per heavy atom. The highest BCUT2D eigenvalue weighted by Gasteiger charge is 2.29. The predicted molar refractivity (Wildman–Crippen MR) is 148 cm³/mol. The lowest BCUT2D eigenvalue weighted by molar-refractivity contribution is -0.146. The molecule has 2 aromatic carbocycles. The minimum Gasteiger partial charge on any atom is -0.494 e. The molecule has 0 aliphatic carbocycles. The van der Waals surface area contributed by atoms with E-state index in [1.54, 1.807) is 31.2 Å². The molecule has 0 fully saturated rings. The number of hydrogen-bond acceptors (Lipinski definition) is 6. The zero-order valence-electron chi connectivity index (χ0n) is 22.0. The third-order valence-electron chi connectivity index (χ3n) is 6.59. The van der Waals surface area contributed by atoms with Crippen LogP contribution in [0.2, 0.25) is 5.02 Å². The molecule has 2 N–H and O–H groups in total. The van der Waals surface area contributed by atoms with Gasteiger partial charge in [-0.05, 0) is 49.2 Å². The van der Waals surface area contributed by atoms with E-state index >= 15 is 0 Å². The first-order valence-corrected chi connectivity index (χ1v) is 13.6. The van der Waals surface area contributed by atoms with Crippen molar-refractivity contribution in [3.63, 3.8) is 0 Å². The van der Waals surface area contributed by atoms with E-state index in [1.165, 1.54) is 0 Å². The number of esters is 1. The Morgan fingerprint density at radius 2 is 1.97 bits per heavy atom. The van der Waals surface area contributed by atoms with Crippen LogP contribution in [0.15, 0.2) is 54.7 Å². The second-order valence-corrected chi connectivity index (χ2v) is 9.77. The molecule has 10 heteroatoms. The SMILES string of the molecule is CCOC(=O)C[C@@H](CCOc1ccc(Cl)cc1)C(=O)N[C@H]1Cc2cn(c3ccccc23)CCOCCNC1=O. The van der Waals surface area contributed by atoms with E-state index in [1.807, 2.05) is 30.5 Å². The van der Waals surface area contributed by atoms with Gasteiger partial charge < -0.3 is 29.4 Å². The zero-order valence-corrected chi connectivity index (χ0v) is 22.7. The van der Waals surface area contributed by atoms with E-state index in [4.69, 9.17) is 25.8 Å². The third-order valence-corrected chi connectivity index (χ3v) is 6.84. The monoisotopic (exact) mass is 555 g/mol. The van der Waals surface area contributed by atoms with Crippen LogP contribution in [-0.4, -0.2) is 61.4 Å². The molecule has 2 heterocycles. The largest absolute Gasteiger partial charge is 0.494 e. The normalized spacial score (nSPS) is 16.9. The molecule has 0 saturated heterocycles. The van der Waals surface area contributed by atoms with E-state index in [0.717, 1.165) is 16.5 Å². The number of benzene rings is 2. The van der Waals surface area contributed by atoms with Gasteiger partial charge in [-0.15, -0.1) is 0 Å². The van der Waals surface area contributed by atoms with Crippen molar-refractivity contribution in [2.45, 2.75) is 38.8 Å². The number of aromatic nitrogens is 1. The van der Waals surface area contributed by atoms with E-state index < -0.39 is 23.8 Å². The number of carbonyl (C=O) groups excluding carboxylic acids is 3. The number of carbonyl (C=O) groups is 3. The second kappa shape index (κ2) is 14.0. The van der Waals surface area contributed by atoms with Crippen LogP contribution in [0.25, 0.3) is 10.9 Å². The van der Waals surface area contributed by atoms with E-state index in [-0.39, 0.29) is 32.0 Å². The van der Waals surface area contributed by atoms with Crippen LogP contribution < -0.4 is 15.4 Å². The summed E-state index contributed by atoms with van der Waals surface area (Å²) in [5.41, 5.74) is 1.99. The molecule has 0 saturated carbocycles. The number of halogens is 1. The number of ether oxygens (including phenoxy) is 3. The summed E-state index contributed by atoms with van der Waals surface area (Å²) < 4.78 is 18.7. The lowest BCUT2D eigenvalue weighted by Crippen LogP contribution is -2.50. The van der Waals surface area contributed by atoms with Crippen LogP contribution in [0.5, 0.6) is 5.75 Å². The summed E-state index contributed by atoms with van der Waals surface area (Å²) in [6.07, 6.45) is 2.46. The number of amides is 2. The number of para-hydroxylation sites is 1. The van der Waals surface area contributed by atoms with Crippen molar-refractivity contribution in [1.29, 1.82) is 0 Å². The molecule has 39 heavy (non-hydrogen) atoms. The molecule has 9 nitrogen and oxygen atoms in total. The minimum absolute atomic E-state index is 0.120. The van der Waals surface area contributed by atoms with Crippen molar-refractivity contribution < 1.29 is 28.6 Å². The summed E-state index contributed by atoms with van der Waals surface area (Å²) in [5, 5.41) is 7.37. The molecule has 1 aliphatic rings. The van der Waals surface area contributed by atoms with Crippen molar-refractivity contribution in [3.05, 3.63) is 65.3 Å². The highest BCUT2D eigenvalue weighted by atomic mass is 35.5. The molecule has 1 aromatic heterocycles. The standard InChI is InChI=1S/C29H34ClN3O6/c1-2-38-27(34)18-20(11-14-39-23-9-7-22(30)8-10-23)28(35)32-25-17-21-19-33(26-6-4-3-5-24(21)26)13-16-37-15-12-31-29(25)36/h3-10,19-20,25H,2,11-18H2,1H3,(H,31,36)(H,32,35)/t20-,25+/m1/s1. The Bertz CT molecular complexity index is 1280. The predicted octanol–water partition coefficient (Wildman–Crippen LogP) is 3.51. The fraction of sp³-hybridized carbons (Fsp3) is 0.414. The summed E-state index contributed by atoms with van der Waals surface area (Å²) in [7, 11) is 0. The number of nitrogens with zero attached hydrogens (tertiary/aromatic N) is 1. The van der Waals surface area contributed by atoms with Crippen molar-refractivity contribution >= 4 is 40.3 Å². The van der Waals surface area contributed by atoms with Gasteiger partial charge in [0.15, 0.2) is 0 Å². The smallest absolute Gasteiger partial charge is 0.306 e. The highest BCUT2D eigenvalue weighted by Crippen LogP contribution is 2.23. The van der Waals surface area contributed by atoms with E-state index in [2.05, 4.69) is 15.2 Å². The van der Waals surface area contributed by atoms with Gasteiger partial charge >= 0.3 is 5.97 Å². The van der Waals surface area contributed by atoms with Crippen LogP contribution in [0.4, 0.5) is 0 Å². The van der Waals surface area contributed by atoms with Gasteiger partial charge in [-0.1, -0.05) is 29.8 Å². The zero-order chi connectivity index (χ0) is 27.6. The molecule has 3 aromatic rings. The lowest BCUT2D eigenvalue weighted by atomic mass is 9.98. The highest BCUT2D eigenvalue weighted by molar-refractivity contribution is 6.30. The topological polar surface area (TPSA) is 108 Å². The fourth-order valence-corrected chi connectivity index (χ4v) is 4.75. The molecule has 2 amide bonds. The van der Waals surface area contributed by atoms with Gasteiger partial charge in [-0.3, -0.25) is 14.4 Å². The fourth-order valence-electron chi connectivity index (χ4n) is 4.62. The minimum atomic E-state index is -0.835. The van der Waals surface area contributed by atoms with Crippen LogP contribution in [0.1, 0.15) is 25.3 Å². The molecule has 0 spiro atoms. The van der Waals surface area contributed by atoms with Crippen LogP contribution in [0.3, 0.4) is 0 Å². The molecule has 2 atom stereocenters. The summed E-state index contributed by atoms with van der Waals surface area (Å²) in [6, 6.07) is 14.0. The molecule has 0 unspecified atom stereocenters. The lowest BCUT2D eigenvalue weighted by Gasteiger charge is -2.22. The van der Waals surface area contributed by atoms with Crippen molar-refractivity contribution in [2.24, 2.45) is 5.92 Å². The van der Waals surface area contributed by atoms with Gasteiger partial charge in [0, 0.05) is 41.6 Å². The van der Waals surface area contributed by atoms with Crippen LogP contribution in [-0.2, 0) is 36.8 Å². The van der Waals surface area contributed by atoms with Gasteiger partial charge in [0.1, 0.15) is 11.8 Å². The number of fused-ring (bicyclic) bond motifs is 5. The summed E-state index contributed by atoms with van der Waals surface area (Å²) >= 11 is 5.93. The quantitative estimate of drug-likeness (QED) is 0.391. The first-order valence-electron chi connectivity index (χ1n) is 13.2. The summed E-state index contributed by atoms with van der Waals surface area (Å²) in [6.45, 7) is 4.03. The van der Waals surface area contributed by atoms with Gasteiger partial charge in [-0.25, -0.2) is 0 Å². The second-order valence-electron chi connectivity index (χ2n) is 9.33. The number of nitrogens with one attached hydrogen (secondary N) is 2. The van der Waals surface area contributed by atoms with E-state index in [0.29, 0.717) is 43.5 Å². The maximum Gasteiger partial charge on any atom is 0.306 e. The molecule has 2 bridgehead atoms.